The van der Waals surface area contributed by atoms with Crippen molar-refractivity contribution in [3.8, 4) is 23.0 Å². The first-order valence-electron chi connectivity index (χ1n) is 9.98. The number of rotatable bonds is 8. The van der Waals surface area contributed by atoms with Crippen LogP contribution >= 0.6 is 0 Å². The third kappa shape index (κ3) is 5.56. The largest absolute Gasteiger partial charge is 0.490 e. The maximum absolute atomic E-state index is 12.4. The van der Waals surface area contributed by atoms with Crippen LogP contribution in [0, 0.1) is 0 Å². The molecule has 2 N–H and O–H groups in total. The fourth-order valence-electron chi connectivity index (χ4n) is 2.90. The van der Waals surface area contributed by atoms with E-state index >= 15 is 0 Å². The fourth-order valence-corrected chi connectivity index (χ4v) is 2.90. The number of anilines is 1. The van der Waals surface area contributed by atoms with Crippen LogP contribution < -0.4 is 29.6 Å². The average molecular weight is 414 g/mol. The predicted molar refractivity (Wildman–Crippen MR) is 112 cm³/mol. The quantitative estimate of drug-likeness (QED) is 0.690. The number of benzene rings is 2. The van der Waals surface area contributed by atoms with E-state index in [1.807, 2.05) is 13.8 Å². The van der Waals surface area contributed by atoms with Gasteiger partial charge in [-0.3, -0.25) is 9.59 Å². The lowest BCUT2D eigenvalue weighted by molar-refractivity contribution is -0.115. The summed E-state index contributed by atoms with van der Waals surface area (Å²) in [5, 5.41) is 5.35. The fraction of sp³-hybridized carbons (Fsp3) is 0.364. The first-order valence-corrected chi connectivity index (χ1v) is 9.98. The molecule has 1 aliphatic heterocycles. The van der Waals surface area contributed by atoms with Crippen LogP contribution in [0.1, 0.15) is 30.6 Å². The summed E-state index contributed by atoms with van der Waals surface area (Å²) >= 11 is 0. The molecular formula is C22H26N2O6. The first kappa shape index (κ1) is 21.3. The van der Waals surface area contributed by atoms with Crippen molar-refractivity contribution in [3.63, 3.8) is 0 Å². The Morgan fingerprint density at radius 2 is 1.67 bits per heavy atom. The third-order valence-corrected chi connectivity index (χ3v) is 4.25. The summed E-state index contributed by atoms with van der Waals surface area (Å²) in [6, 6.07) is 10.1. The molecule has 0 unspecified atom stereocenters. The van der Waals surface area contributed by atoms with Crippen molar-refractivity contribution < 1.29 is 28.5 Å². The zero-order valence-electron chi connectivity index (χ0n) is 17.2. The molecule has 0 radical (unpaired) electrons. The van der Waals surface area contributed by atoms with Crippen LogP contribution in [0.2, 0.25) is 0 Å². The molecule has 160 valence electrons. The summed E-state index contributed by atoms with van der Waals surface area (Å²) in [6.45, 7) is 5.65. The average Bonchev–Trinajstić information content (AvgIpc) is 2.98. The highest BCUT2D eigenvalue weighted by Crippen LogP contribution is 2.32. The molecule has 2 amide bonds. The van der Waals surface area contributed by atoms with E-state index in [-0.39, 0.29) is 18.4 Å². The molecular weight excluding hydrogens is 388 g/mol. The topological polar surface area (TPSA) is 95.1 Å². The number of hydrogen-bond acceptors (Lipinski definition) is 6. The Labute approximate surface area is 175 Å². The van der Waals surface area contributed by atoms with E-state index in [1.165, 1.54) is 0 Å². The molecule has 1 heterocycles. The number of fused-ring (bicyclic) bond motifs is 1. The minimum atomic E-state index is -0.382. The van der Waals surface area contributed by atoms with E-state index in [2.05, 4.69) is 10.6 Å². The van der Waals surface area contributed by atoms with Gasteiger partial charge in [-0.2, -0.15) is 0 Å². The zero-order valence-corrected chi connectivity index (χ0v) is 17.2. The van der Waals surface area contributed by atoms with Crippen molar-refractivity contribution in [2.24, 2.45) is 0 Å². The first-order chi connectivity index (χ1) is 14.6. The summed E-state index contributed by atoms with van der Waals surface area (Å²) < 4.78 is 22.2. The van der Waals surface area contributed by atoms with Gasteiger partial charge in [0.1, 0.15) is 0 Å². The molecule has 8 nitrogen and oxygen atoms in total. The Morgan fingerprint density at radius 3 is 2.43 bits per heavy atom. The highest BCUT2D eigenvalue weighted by atomic mass is 16.5. The van der Waals surface area contributed by atoms with E-state index in [1.54, 1.807) is 36.4 Å². The van der Waals surface area contributed by atoms with E-state index in [0.29, 0.717) is 60.7 Å². The van der Waals surface area contributed by atoms with Crippen molar-refractivity contribution >= 4 is 17.5 Å². The molecule has 1 aliphatic rings. The van der Waals surface area contributed by atoms with Gasteiger partial charge in [-0.25, -0.2) is 0 Å². The summed E-state index contributed by atoms with van der Waals surface area (Å²) in [6.07, 6.45) is 0.805. The SMILES string of the molecule is CCOc1ccc(C(=O)NCC(=O)Nc2ccc3c(c2)OCCCO3)cc1OCC. The van der Waals surface area contributed by atoms with Crippen molar-refractivity contribution in [1.82, 2.24) is 5.32 Å². The maximum atomic E-state index is 12.4. The molecule has 0 saturated heterocycles. The number of ether oxygens (including phenoxy) is 4. The van der Waals surface area contributed by atoms with E-state index in [0.717, 1.165) is 6.42 Å². The smallest absolute Gasteiger partial charge is 0.251 e. The second-order valence-electron chi connectivity index (χ2n) is 6.47. The Kier molecular flexibility index (Phi) is 7.37. The van der Waals surface area contributed by atoms with Crippen molar-refractivity contribution in [2.45, 2.75) is 20.3 Å². The second-order valence-corrected chi connectivity index (χ2v) is 6.47. The monoisotopic (exact) mass is 414 g/mol. The molecule has 2 aromatic carbocycles. The van der Waals surface area contributed by atoms with Gasteiger partial charge in [-0.1, -0.05) is 0 Å². The van der Waals surface area contributed by atoms with Gasteiger partial charge >= 0.3 is 0 Å². The molecule has 8 heteroatoms. The molecule has 0 aliphatic carbocycles. The summed E-state index contributed by atoms with van der Waals surface area (Å²) in [5.74, 6) is 1.57. The van der Waals surface area contributed by atoms with Gasteiger partial charge in [-0.05, 0) is 44.2 Å². The van der Waals surface area contributed by atoms with Gasteiger partial charge in [0.2, 0.25) is 5.91 Å². The zero-order chi connectivity index (χ0) is 21.3. The van der Waals surface area contributed by atoms with Crippen molar-refractivity contribution in [1.29, 1.82) is 0 Å². The predicted octanol–water partition coefficient (Wildman–Crippen LogP) is 3.01. The highest BCUT2D eigenvalue weighted by Gasteiger charge is 2.14. The number of nitrogens with one attached hydrogen (secondary N) is 2. The molecule has 0 atom stereocenters. The molecule has 0 bridgehead atoms. The Balaban J connectivity index is 1.57. The van der Waals surface area contributed by atoms with Gasteiger partial charge in [0, 0.05) is 23.7 Å². The molecule has 0 aromatic heterocycles. The van der Waals surface area contributed by atoms with Gasteiger partial charge in [0.05, 0.1) is 33.0 Å². The lowest BCUT2D eigenvalue weighted by Crippen LogP contribution is -2.32. The van der Waals surface area contributed by atoms with E-state index in [9.17, 15) is 9.59 Å². The van der Waals surface area contributed by atoms with Gasteiger partial charge in [0.25, 0.3) is 5.91 Å². The Morgan fingerprint density at radius 1 is 0.933 bits per heavy atom. The molecule has 30 heavy (non-hydrogen) atoms. The Bertz CT molecular complexity index is 899. The molecule has 0 fully saturated rings. The normalized spacial score (nSPS) is 12.5. The van der Waals surface area contributed by atoms with Gasteiger partial charge < -0.3 is 29.6 Å². The number of carbonyl (C=O) groups is 2. The molecule has 3 rings (SSSR count). The standard InChI is InChI=1S/C22H26N2O6/c1-3-27-17-8-6-15(12-19(17)28-4-2)22(26)23-14-21(25)24-16-7-9-18-20(13-16)30-11-5-10-29-18/h6-9,12-13H,3-5,10-11,14H2,1-2H3,(H,23,26)(H,24,25). The van der Waals surface area contributed by atoms with Crippen LogP contribution in [0.5, 0.6) is 23.0 Å². The third-order valence-electron chi connectivity index (χ3n) is 4.25. The summed E-state index contributed by atoms with van der Waals surface area (Å²) in [7, 11) is 0. The molecule has 0 saturated carbocycles. The molecule has 2 aromatic rings. The van der Waals surface area contributed by atoms with Crippen molar-refractivity contribution in [3.05, 3.63) is 42.0 Å². The number of amides is 2. The minimum absolute atomic E-state index is 0.176. The van der Waals surface area contributed by atoms with Crippen LogP contribution in [-0.4, -0.2) is 44.8 Å². The van der Waals surface area contributed by atoms with Crippen LogP contribution in [0.25, 0.3) is 0 Å². The van der Waals surface area contributed by atoms with Crippen LogP contribution in [0.15, 0.2) is 36.4 Å². The minimum Gasteiger partial charge on any atom is -0.490 e. The lowest BCUT2D eigenvalue weighted by atomic mass is 10.2. The van der Waals surface area contributed by atoms with Crippen LogP contribution in [0.3, 0.4) is 0 Å². The van der Waals surface area contributed by atoms with Crippen molar-refractivity contribution in [2.75, 3.05) is 38.3 Å². The number of carbonyl (C=O) groups excluding carboxylic acids is 2. The number of hydrogen-bond donors (Lipinski definition) is 2. The maximum Gasteiger partial charge on any atom is 0.251 e. The second kappa shape index (κ2) is 10.4. The van der Waals surface area contributed by atoms with Crippen LogP contribution in [0.4, 0.5) is 5.69 Å². The highest BCUT2D eigenvalue weighted by molar-refractivity contribution is 5.99. The van der Waals surface area contributed by atoms with Gasteiger partial charge in [-0.15, -0.1) is 0 Å². The Hall–Kier alpha value is -3.42. The summed E-state index contributed by atoms with van der Waals surface area (Å²) in [5.41, 5.74) is 0.948. The van der Waals surface area contributed by atoms with Gasteiger partial charge in [0.15, 0.2) is 23.0 Å². The van der Waals surface area contributed by atoms with E-state index < -0.39 is 0 Å². The summed E-state index contributed by atoms with van der Waals surface area (Å²) in [4.78, 5) is 24.7. The van der Waals surface area contributed by atoms with E-state index in [4.69, 9.17) is 18.9 Å². The lowest BCUT2D eigenvalue weighted by Gasteiger charge is -2.13. The van der Waals surface area contributed by atoms with Crippen LogP contribution in [-0.2, 0) is 4.79 Å². The molecule has 0 spiro atoms.